The van der Waals surface area contributed by atoms with E-state index < -0.39 is 0 Å². The summed E-state index contributed by atoms with van der Waals surface area (Å²) in [6.45, 7) is 7.90. The fourth-order valence-electron chi connectivity index (χ4n) is 4.38. The SMILES string of the molecule is CN(CC(=O)N1CCN(Cc2ccco2)CC1)C1CCN(Cc2ccccc2)C1. The standard InChI is InChI=1S/C23H32N4O2/c1-24(21-9-10-26(17-21)16-20-6-3-2-4-7-20)19-23(28)27-13-11-25(12-14-27)18-22-8-5-15-29-22/h2-8,15,21H,9-14,16-19H2,1H3. The van der Waals surface area contributed by atoms with E-state index in [9.17, 15) is 4.79 Å². The molecule has 156 valence electrons. The number of hydrogen-bond donors (Lipinski definition) is 0. The first-order chi connectivity index (χ1) is 14.2. The summed E-state index contributed by atoms with van der Waals surface area (Å²) in [7, 11) is 2.10. The predicted octanol–water partition coefficient (Wildman–Crippen LogP) is 2.13. The van der Waals surface area contributed by atoms with Gasteiger partial charge in [0.25, 0.3) is 0 Å². The van der Waals surface area contributed by atoms with Gasteiger partial charge in [0, 0.05) is 51.9 Å². The van der Waals surface area contributed by atoms with Gasteiger partial charge in [-0.25, -0.2) is 0 Å². The summed E-state index contributed by atoms with van der Waals surface area (Å²) in [5, 5.41) is 0. The molecule has 2 aliphatic rings. The fraction of sp³-hybridized carbons (Fsp3) is 0.522. The molecule has 0 aliphatic carbocycles. The van der Waals surface area contributed by atoms with Gasteiger partial charge in [-0.1, -0.05) is 30.3 Å². The van der Waals surface area contributed by atoms with Crippen LogP contribution in [-0.2, 0) is 17.9 Å². The van der Waals surface area contributed by atoms with Crippen molar-refractivity contribution >= 4 is 5.91 Å². The quantitative estimate of drug-likeness (QED) is 0.717. The Bertz CT molecular complexity index is 756. The molecule has 2 aromatic rings. The van der Waals surface area contributed by atoms with Gasteiger partial charge in [-0.15, -0.1) is 0 Å². The molecule has 1 unspecified atom stereocenters. The lowest BCUT2D eigenvalue weighted by atomic mass is 10.2. The topological polar surface area (TPSA) is 43.2 Å². The zero-order valence-corrected chi connectivity index (χ0v) is 17.4. The normalized spacial score (nSPS) is 21.2. The van der Waals surface area contributed by atoms with E-state index in [1.807, 2.05) is 17.0 Å². The van der Waals surface area contributed by atoms with Crippen LogP contribution in [0, 0.1) is 0 Å². The molecule has 1 aromatic carbocycles. The number of hydrogen-bond acceptors (Lipinski definition) is 5. The molecule has 1 amide bonds. The minimum atomic E-state index is 0.256. The fourth-order valence-corrected chi connectivity index (χ4v) is 4.38. The molecule has 1 atom stereocenters. The van der Waals surface area contributed by atoms with Gasteiger partial charge in [0.2, 0.25) is 5.91 Å². The number of rotatable bonds is 7. The van der Waals surface area contributed by atoms with Crippen molar-refractivity contribution in [3.05, 3.63) is 60.1 Å². The maximum atomic E-state index is 12.8. The maximum absolute atomic E-state index is 12.8. The first kappa shape index (κ1) is 20.1. The van der Waals surface area contributed by atoms with Crippen molar-refractivity contribution < 1.29 is 9.21 Å². The Hall–Kier alpha value is -2.15. The van der Waals surface area contributed by atoms with E-state index in [1.54, 1.807) is 6.26 Å². The molecule has 0 N–H and O–H groups in total. The third kappa shape index (κ3) is 5.47. The Labute approximate surface area is 173 Å². The van der Waals surface area contributed by atoms with E-state index in [0.717, 1.165) is 64.5 Å². The minimum Gasteiger partial charge on any atom is -0.468 e. The summed E-state index contributed by atoms with van der Waals surface area (Å²) in [4.78, 5) is 21.9. The number of nitrogens with zero attached hydrogens (tertiary/aromatic N) is 4. The van der Waals surface area contributed by atoms with Crippen LogP contribution in [0.4, 0.5) is 0 Å². The van der Waals surface area contributed by atoms with Crippen molar-refractivity contribution in [2.45, 2.75) is 25.6 Å². The summed E-state index contributed by atoms with van der Waals surface area (Å²) in [5.41, 5.74) is 1.36. The first-order valence-corrected chi connectivity index (χ1v) is 10.7. The van der Waals surface area contributed by atoms with E-state index in [2.05, 4.69) is 52.1 Å². The summed E-state index contributed by atoms with van der Waals surface area (Å²) >= 11 is 0. The number of furan rings is 1. The van der Waals surface area contributed by atoms with E-state index in [-0.39, 0.29) is 5.91 Å². The molecule has 0 bridgehead atoms. The van der Waals surface area contributed by atoms with Crippen molar-refractivity contribution in [2.24, 2.45) is 0 Å². The number of carbonyl (C=O) groups excluding carboxylic acids is 1. The van der Waals surface area contributed by atoms with Crippen LogP contribution in [0.3, 0.4) is 0 Å². The van der Waals surface area contributed by atoms with E-state index in [1.165, 1.54) is 5.56 Å². The molecule has 6 nitrogen and oxygen atoms in total. The third-order valence-corrected chi connectivity index (χ3v) is 6.19. The number of carbonyl (C=O) groups is 1. The summed E-state index contributed by atoms with van der Waals surface area (Å²) < 4.78 is 5.43. The second-order valence-corrected chi connectivity index (χ2v) is 8.31. The van der Waals surface area contributed by atoms with Gasteiger partial charge in [0.1, 0.15) is 5.76 Å². The second kappa shape index (κ2) is 9.57. The summed E-state index contributed by atoms with van der Waals surface area (Å²) in [5.74, 6) is 1.25. The van der Waals surface area contributed by atoms with E-state index in [4.69, 9.17) is 4.42 Å². The Morgan fingerprint density at radius 1 is 1.00 bits per heavy atom. The predicted molar refractivity (Wildman–Crippen MR) is 113 cm³/mol. The zero-order valence-electron chi connectivity index (χ0n) is 17.4. The number of amides is 1. The van der Waals surface area contributed by atoms with Crippen molar-refractivity contribution in [1.29, 1.82) is 0 Å². The smallest absolute Gasteiger partial charge is 0.236 e. The van der Waals surface area contributed by atoms with Crippen LogP contribution >= 0.6 is 0 Å². The Balaban J connectivity index is 1.19. The van der Waals surface area contributed by atoms with Crippen molar-refractivity contribution in [3.63, 3.8) is 0 Å². The van der Waals surface area contributed by atoms with Crippen LogP contribution in [0.5, 0.6) is 0 Å². The average Bonchev–Trinajstić information content (AvgIpc) is 3.41. The summed E-state index contributed by atoms with van der Waals surface area (Å²) in [6.07, 6.45) is 2.85. The molecule has 0 spiro atoms. The third-order valence-electron chi connectivity index (χ3n) is 6.19. The monoisotopic (exact) mass is 396 g/mol. The van der Waals surface area contributed by atoms with Gasteiger partial charge in [0.05, 0.1) is 19.4 Å². The first-order valence-electron chi connectivity index (χ1n) is 10.7. The van der Waals surface area contributed by atoms with Crippen molar-refractivity contribution in [2.75, 3.05) is 52.9 Å². The van der Waals surface area contributed by atoms with Crippen LogP contribution in [0.15, 0.2) is 53.1 Å². The minimum absolute atomic E-state index is 0.256. The molecule has 2 aliphatic heterocycles. The van der Waals surface area contributed by atoms with Gasteiger partial charge in [-0.3, -0.25) is 19.5 Å². The molecule has 2 fully saturated rings. The lowest BCUT2D eigenvalue weighted by Gasteiger charge is -2.35. The number of likely N-dealkylation sites (tertiary alicyclic amines) is 1. The highest BCUT2D eigenvalue weighted by atomic mass is 16.3. The average molecular weight is 397 g/mol. The highest BCUT2D eigenvalue weighted by molar-refractivity contribution is 5.78. The van der Waals surface area contributed by atoms with Crippen LogP contribution in [0.1, 0.15) is 17.7 Å². The van der Waals surface area contributed by atoms with Crippen molar-refractivity contribution in [1.82, 2.24) is 19.6 Å². The maximum Gasteiger partial charge on any atom is 0.236 e. The molecule has 4 rings (SSSR count). The van der Waals surface area contributed by atoms with Crippen molar-refractivity contribution in [3.8, 4) is 0 Å². The van der Waals surface area contributed by atoms with Crippen LogP contribution in [-0.4, -0.2) is 84.4 Å². The molecule has 0 radical (unpaired) electrons. The van der Waals surface area contributed by atoms with Gasteiger partial charge >= 0.3 is 0 Å². The summed E-state index contributed by atoms with van der Waals surface area (Å²) in [6, 6.07) is 15.0. The molecule has 29 heavy (non-hydrogen) atoms. The molecule has 3 heterocycles. The van der Waals surface area contributed by atoms with E-state index >= 15 is 0 Å². The Morgan fingerprint density at radius 3 is 2.52 bits per heavy atom. The second-order valence-electron chi connectivity index (χ2n) is 8.31. The Morgan fingerprint density at radius 2 is 1.79 bits per heavy atom. The molecule has 6 heteroatoms. The number of piperazine rings is 1. The highest BCUT2D eigenvalue weighted by Crippen LogP contribution is 2.17. The molecular formula is C23H32N4O2. The van der Waals surface area contributed by atoms with Gasteiger partial charge in [-0.05, 0) is 31.2 Å². The molecular weight excluding hydrogens is 364 g/mol. The van der Waals surface area contributed by atoms with E-state index in [0.29, 0.717) is 12.6 Å². The van der Waals surface area contributed by atoms with Gasteiger partial charge in [0.15, 0.2) is 0 Å². The van der Waals surface area contributed by atoms with Crippen LogP contribution in [0.2, 0.25) is 0 Å². The Kier molecular flexibility index (Phi) is 6.64. The number of likely N-dealkylation sites (N-methyl/N-ethyl adjacent to an activating group) is 1. The van der Waals surface area contributed by atoms with Gasteiger partial charge < -0.3 is 9.32 Å². The number of benzene rings is 1. The molecule has 1 aromatic heterocycles. The van der Waals surface area contributed by atoms with Crippen LogP contribution in [0.25, 0.3) is 0 Å². The lowest BCUT2D eigenvalue weighted by molar-refractivity contribution is -0.134. The molecule has 2 saturated heterocycles. The zero-order chi connectivity index (χ0) is 20.1. The van der Waals surface area contributed by atoms with Gasteiger partial charge in [-0.2, -0.15) is 0 Å². The van der Waals surface area contributed by atoms with Crippen LogP contribution < -0.4 is 0 Å². The largest absolute Gasteiger partial charge is 0.468 e. The highest BCUT2D eigenvalue weighted by Gasteiger charge is 2.28. The molecule has 0 saturated carbocycles. The lowest BCUT2D eigenvalue weighted by Crippen LogP contribution is -2.51.